The zero-order valence-electron chi connectivity index (χ0n) is 24.1. The fourth-order valence-corrected chi connectivity index (χ4v) is 4.84. The number of hydrogen-bond acceptors (Lipinski definition) is 2. The van der Waals surface area contributed by atoms with Gasteiger partial charge in [0.1, 0.15) is 0 Å². The maximum absolute atomic E-state index is 4.50. The van der Waals surface area contributed by atoms with E-state index in [9.17, 15) is 0 Å². The SMILES string of the molecule is C=C(/C=C\C)c1ccc(-c2c3ccccc3c(-c3ccc(NC)cc3)c3ccccc23)cc1.C=C/C=C\C.CN. The molecule has 40 heavy (non-hydrogen) atoms. The molecular formula is C38H40N2. The molecule has 202 valence electrons. The first-order chi connectivity index (χ1) is 19.6. The Labute approximate surface area is 239 Å². The van der Waals surface area contributed by atoms with Crippen molar-refractivity contribution in [2.45, 2.75) is 13.8 Å². The van der Waals surface area contributed by atoms with Crippen LogP contribution >= 0.6 is 0 Å². The summed E-state index contributed by atoms with van der Waals surface area (Å²) in [5.41, 5.74) is 12.8. The molecule has 2 nitrogen and oxygen atoms in total. The zero-order valence-corrected chi connectivity index (χ0v) is 24.1. The molecule has 0 saturated carbocycles. The molecule has 0 aromatic heterocycles. The summed E-state index contributed by atoms with van der Waals surface area (Å²) in [6.45, 7) is 11.6. The summed E-state index contributed by atoms with van der Waals surface area (Å²) < 4.78 is 0. The van der Waals surface area contributed by atoms with Crippen LogP contribution in [0.2, 0.25) is 0 Å². The van der Waals surface area contributed by atoms with Crippen molar-refractivity contribution in [1.29, 1.82) is 0 Å². The molecule has 0 aliphatic rings. The molecule has 5 rings (SSSR count). The van der Waals surface area contributed by atoms with E-state index in [1.165, 1.54) is 50.8 Å². The Kier molecular flexibility index (Phi) is 11.3. The summed E-state index contributed by atoms with van der Waals surface area (Å²) in [7, 11) is 3.45. The third kappa shape index (κ3) is 6.66. The van der Waals surface area contributed by atoms with Gasteiger partial charge < -0.3 is 11.1 Å². The molecule has 0 bridgehead atoms. The smallest absolute Gasteiger partial charge is 0.0337 e. The molecule has 0 fully saturated rings. The van der Waals surface area contributed by atoms with Crippen LogP contribution in [0.4, 0.5) is 5.69 Å². The average Bonchev–Trinajstić information content (AvgIpc) is 3.02. The predicted octanol–water partition coefficient (Wildman–Crippen LogP) is 10.3. The van der Waals surface area contributed by atoms with Crippen molar-refractivity contribution < 1.29 is 0 Å². The van der Waals surface area contributed by atoms with Gasteiger partial charge >= 0.3 is 0 Å². The van der Waals surface area contributed by atoms with Crippen LogP contribution in [0.1, 0.15) is 19.4 Å². The summed E-state index contributed by atoms with van der Waals surface area (Å²) in [5, 5.41) is 8.29. The topological polar surface area (TPSA) is 38.0 Å². The number of benzene rings is 5. The first kappa shape index (κ1) is 29.9. The predicted molar refractivity (Wildman–Crippen MR) is 181 cm³/mol. The molecule has 0 spiro atoms. The molecule has 0 radical (unpaired) electrons. The Balaban J connectivity index is 0.000000570. The molecule has 0 heterocycles. The van der Waals surface area contributed by atoms with Gasteiger partial charge in [-0.2, -0.15) is 0 Å². The number of rotatable bonds is 6. The van der Waals surface area contributed by atoms with E-state index in [1.54, 1.807) is 6.08 Å². The summed E-state index contributed by atoms with van der Waals surface area (Å²) in [4.78, 5) is 0. The molecule has 5 aromatic carbocycles. The van der Waals surface area contributed by atoms with E-state index in [2.05, 4.69) is 121 Å². The molecule has 0 amide bonds. The van der Waals surface area contributed by atoms with Gasteiger partial charge in [0.25, 0.3) is 0 Å². The normalized spacial score (nSPS) is 10.6. The minimum absolute atomic E-state index is 1.03. The minimum Gasteiger partial charge on any atom is -0.388 e. The van der Waals surface area contributed by atoms with E-state index in [0.29, 0.717) is 0 Å². The maximum Gasteiger partial charge on any atom is 0.0337 e. The van der Waals surface area contributed by atoms with Crippen molar-refractivity contribution in [2.75, 3.05) is 19.4 Å². The Morgan fingerprint density at radius 1 is 0.650 bits per heavy atom. The minimum atomic E-state index is 1.03. The van der Waals surface area contributed by atoms with Crippen LogP contribution in [0.15, 0.2) is 141 Å². The molecule has 0 unspecified atom stereocenters. The number of hydrogen-bond donors (Lipinski definition) is 2. The van der Waals surface area contributed by atoms with E-state index in [4.69, 9.17) is 0 Å². The third-order valence-electron chi connectivity index (χ3n) is 6.63. The van der Waals surface area contributed by atoms with Crippen molar-refractivity contribution in [3.05, 3.63) is 146 Å². The number of nitrogens with two attached hydrogens (primary N) is 1. The van der Waals surface area contributed by atoms with E-state index in [1.807, 2.05) is 45.2 Å². The second-order valence-electron chi connectivity index (χ2n) is 9.03. The lowest BCUT2D eigenvalue weighted by Gasteiger charge is -2.18. The largest absolute Gasteiger partial charge is 0.388 e. The average molecular weight is 525 g/mol. The van der Waals surface area contributed by atoms with Gasteiger partial charge in [0.05, 0.1) is 0 Å². The van der Waals surface area contributed by atoms with Crippen LogP contribution in [0, 0.1) is 0 Å². The van der Waals surface area contributed by atoms with Gasteiger partial charge in [-0.15, -0.1) is 0 Å². The van der Waals surface area contributed by atoms with Gasteiger partial charge in [-0.3, -0.25) is 0 Å². The second-order valence-corrected chi connectivity index (χ2v) is 9.03. The molecular weight excluding hydrogens is 484 g/mol. The highest BCUT2D eigenvalue weighted by Gasteiger charge is 2.16. The molecule has 5 aromatic rings. The van der Waals surface area contributed by atoms with Crippen molar-refractivity contribution in [3.63, 3.8) is 0 Å². The van der Waals surface area contributed by atoms with Crippen LogP contribution in [0.3, 0.4) is 0 Å². The standard InChI is InChI=1S/C32H27N.C5H8.CH5N/c1-4-9-22(2)23-14-16-24(17-15-23)31-27-10-5-7-12-29(27)32(30-13-8-6-11-28(30)31)25-18-20-26(33-3)21-19-25;1-3-5-4-2;1-2/h4-21,33H,2H2,1,3H3;3-5H,1H2,2H3;2H2,1H3/b9-4-;5-4-;. The maximum atomic E-state index is 4.50. The van der Waals surface area contributed by atoms with Gasteiger partial charge in [0, 0.05) is 12.7 Å². The van der Waals surface area contributed by atoms with Gasteiger partial charge in [-0.05, 0) is 88.0 Å². The second kappa shape index (κ2) is 15.1. The van der Waals surface area contributed by atoms with Crippen molar-refractivity contribution in [1.82, 2.24) is 0 Å². The Hall–Kier alpha value is -4.66. The van der Waals surface area contributed by atoms with Crippen molar-refractivity contribution in [2.24, 2.45) is 5.73 Å². The fraction of sp³-hybridized carbons (Fsp3) is 0.105. The summed E-state index contributed by atoms with van der Waals surface area (Å²) >= 11 is 0. The van der Waals surface area contributed by atoms with Crippen LogP contribution in [0.25, 0.3) is 49.4 Å². The monoisotopic (exact) mass is 524 g/mol. The highest BCUT2D eigenvalue weighted by atomic mass is 14.8. The van der Waals surface area contributed by atoms with Crippen molar-refractivity contribution >= 4 is 32.8 Å². The van der Waals surface area contributed by atoms with Crippen LogP contribution in [-0.4, -0.2) is 14.1 Å². The Morgan fingerprint density at radius 2 is 1.07 bits per heavy atom. The van der Waals surface area contributed by atoms with Gasteiger partial charge in [-0.25, -0.2) is 0 Å². The molecule has 0 atom stereocenters. The van der Waals surface area contributed by atoms with Crippen LogP contribution in [-0.2, 0) is 0 Å². The van der Waals surface area contributed by atoms with E-state index in [0.717, 1.165) is 16.8 Å². The summed E-state index contributed by atoms with van der Waals surface area (Å²) in [5.74, 6) is 0. The first-order valence-corrected chi connectivity index (χ1v) is 13.6. The Bertz CT molecular complexity index is 1560. The molecule has 0 aliphatic carbocycles. The highest BCUT2D eigenvalue weighted by Crippen LogP contribution is 2.43. The number of allylic oxidation sites excluding steroid dienone is 6. The van der Waals surface area contributed by atoms with Gasteiger partial charge in [-0.1, -0.05) is 128 Å². The van der Waals surface area contributed by atoms with Crippen molar-refractivity contribution in [3.8, 4) is 22.3 Å². The Morgan fingerprint density at radius 3 is 1.40 bits per heavy atom. The molecule has 2 heteroatoms. The molecule has 3 N–H and O–H groups in total. The quantitative estimate of drug-likeness (QED) is 0.171. The number of nitrogens with one attached hydrogen (secondary N) is 1. The highest BCUT2D eigenvalue weighted by molar-refractivity contribution is 6.21. The summed E-state index contributed by atoms with van der Waals surface area (Å²) in [6, 6.07) is 35.0. The fourth-order valence-electron chi connectivity index (χ4n) is 4.84. The van der Waals surface area contributed by atoms with E-state index < -0.39 is 0 Å². The lowest BCUT2D eigenvalue weighted by Crippen LogP contribution is -1.92. The number of fused-ring (bicyclic) bond motifs is 2. The lowest BCUT2D eigenvalue weighted by atomic mass is 9.85. The van der Waals surface area contributed by atoms with Crippen LogP contribution in [0.5, 0.6) is 0 Å². The lowest BCUT2D eigenvalue weighted by molar-refractivity contribution is 1.48. The molecule has 0 saturated heterocycles. The first-order valence-electron chi connectivity index (χ1n) is 13.6. The molecule has 0 aliphatic heterocycles. The van der Waals surface area contributed by atoms with E-state index >= 15 is 0 Å². The zero-order chi connectivity index (χ0) is 28.9. The van der Waals surface area contributed by atoms with E-state index in [-0.39, 0.29) is 0 Å². The van der Waals surface area contributed by atoms with Gasteiger partial charge in [0.15, 0.2) is 0 Å². The van der Waals surface area contributed by atoms with Crippen LogP contribution < -0.4 is 11.1 Å². The number of anilines is 1. The third-order valence-corrected chi connectivity index (χ3v) is 6.63. The van der Waals surface area contributed by atoms with Gasteiger partial charge in [0.2, 0.25) is 0 Å². The summed E-state index contributed by atoms with van der Waals surface area (Å²) in [6.07, 6.45) is 9.65.